The molecule has 0 bridgehead atoms. The molecule has 0 spiro atoms. The quantitative estimate of drug-likeness (QED) is 0.820. The fourth-order valence-electron chi connectivity index (χ4n) is 2.30. The van der Waals surface area contributed by atoms with E-state index in [0.717, 1.165) is 19.5 Å². The van der Waals surface area contributed by atoms with Crippen molar-refractivity contribution in [1.82, 2.24) is 0 Å². The third kappa shape index (κ3) is 2.14. The monoisotopic (exact) mass is 219 g/mol. The summed E-state index contributed by atoms with van der Waals surface area (Å²) in [5.41, 5.74) is 9.84. The summed E-state index contributed by atoms with van der Waals surface area (Å²) in [5, 5.41) is 0. The zero-order valence-corrected chi connectivity index (χ0v) is 10.4. The highest BCUT2D eigenvalue weighted by Gasteiger charge is 2.19. The Morgan fingerprint density at radius 2 is 2.12 bits per heavy atom. The summed E-state index contributed by atoms with van der Waals surface area (Å²) in [6, 6.07) is 6.98. The first-order valence-electron chi connectivity index (χ1n) is 5.86. The predicted molar refractivity (Wildman–Crippen MR) is 70.3 cm³/mol. The molecule has 0 aliphatic carbocycles. The molecule has 88 valence electrons. The maximum absolute atomic E-state index is 5.94. The smallest absolute Gasteiger partial charge is 0.0411 e. The van der Waals surface area contributed by atoms with Crippen molar-refractivity contribution in [2.24, 2.45) is 5.73 Å². The Morgan fingerprint density at radius 1 is 1.38 bits per heavy atom. The third-order valence-electron chi connectivity index (χ3n) is 3.26. The molecular weight excluding hydrogens is 198 g/mol. The number of nitrogens with zero attached hydrogens (tertiary/aromatic N) is 2. The molecule has 1 fully saturated rings. The molecular formula is C13H21N3. The van der Waals surface area contributed by atoms with Gasteiger partial charge in [0, 0.05) is 44.6 Å². The fraction of sp³-hybridized carbons (Fsp3) is 0.538. The van der Waals surface area contributed by atoms with Gasteiger partial charge in [0.2, 0.25) is 0 Å². The van der Waals surface area contributed by atoms with Crippen LogP contribution in [0.2, 0.25) is 0 Å². The van der Waals surface area contributed by atoms with Gasteiger partial charge < -0.3 is 15.5 Å². The molecule has 16 heavy (non-hydrogen) atoms. The molecule has 0 amide bonds. The minimum Gasteiger partial charge on any atom is -0.377 e. The molecule has 3 heteroatoms. The van der Waals surface area contributed by atoms with Gasteiger partial charge in [-0.05, 0) is 31.0 Å². The van der Waals surface area contributed by atoms with Crippen LogP contribution in [0.3, 0.4) is 0 Å². The Morgan fingerprint density at radius 3 is 2.69 bits per heavy atom. The lowest BCUT2D eigenvalue weighted by Gasteiger charge is -2.22. The highest BCUT2D eigenvalue weighted by molar-refractivity contribution is 5.63. The number of anilines is 2. The Kier molecular flexibility index (Phi) is 3.06. The van der Waals surface area contributed by atoms with Crippen LogP contribution in [-0.2, 0) is 0 Å². The highest BCUT2D eigenvalue weighted by atomic mass is 15.2. The summed E-state index contributed by atoms with van der Waals surface area (Å²) < 4.78 is 0. The molecule has 0 aromatic heterocycles. The van der Waals surface area contributed by atoms with E-state index in [1.165, 1.54) is 16.9 Å². The van der Waals surface area contributed by atoms with Crippen molar-refractivity contribution in [3.63, 3.8) is 0 Å². The van der Waals surface area contributed by atoms with Gasteiger partial charge in [0.15, 0.2) is 0 Å². The second kappa shape index (κ2) is 4.34. The van der Waals surface area contributed by atoms with Gasteiger partial charge in [0.1, 0.15) is 0 Å². The van der Waals surface area contributed by atoms with Crippen LogP contribution in [-0.4, -0.2) is 33.2 Å². The minimum absolute atomic E-state index is 0.337. The number of hydrogen-bond donors (Lipinski definition) is 1. The normalized spacial score (nSPS) is 20.2. The Labute approximate surface area is 97.8 Å². The summed E-state index contributed by atoms with van der Waals surface area (Å²) in [7, 11) is 4.17. The van der Waals surface area contributed by atoms with Gasteiger partial charge in [-0.3, -0.25) is 0 Å². The molecule has 2 rings (SSSR count). The van der Waals surface area contributed by atoms with Crippen molar-refractivity contribution in [3.8, 4) is 0 Å². The number of benzene rings is 1. The Bertz CT molecular complexity index is 373. The van der Waals surface area contributed by atoms with Gasteiger partial charge in [-0.1, -0.05) is 6.07 Å². The fourth-order valence-corrected chi connectivity index (χ4v) is 2.30. The van der Waals surface area contributed by atoms with Crippen molar-refractivity contribution in [3.05, 3.63) is 23.8 Å². The van der Waals surface area contributed by atoms with Crippen LogP contribution in [0.4, 0.5) is 11.4 Å². The SMILES string of the molecule is Cc1ccc(N2CCC(N)C2)cc1N(C)C. The van der Waals surface area contributed by atoms with E-state index in [0.29, 0.717) is 6.04 Å². The van der Waals surface area contributed by atoms with E-state index in [4.69, 9.17) is 5.73 Å². The topological polar surface area (TPSA) is 32.5 Å². The van der Waals surface area contributed by atoms with Crippen LogP contribution in [0.5, 0.6) is 0 Å². The summed E-state index contributed by atoms with van der Waals surface area (Å²) in [6.07, 6.45) is 1.10. The predicted octanol–water partition coefficient (Wildman–Crippen LogP) is 1.60. The van der Waals surface area contributed by atoms with Gasteiger partial charge in [0.25, 0.3) is 0 Å². The number of hydrogen-bond acceptors (Lipinski definition) is 3. The van der Waals surface area contributed by atoms with Crippen LogP contribution in [0.15, 0.2) is 18.2 Å². The largest absolute Gasteiger partial charge is 0.377 e. The van der Waals surface area contributed by atoms with E-state index in [2.05, 4.69) is 49.0 Å². The van der Waals surface area contributed by atoms with Gasteiger partial charge in [-0.15, -0.1) is 0 Å². The summed E-state index contributed by atoms with van der Waals surface area (Å²) in [5.74, 6) is 0. The van der Waals surface area contributed by atoms with Gasteiger partial charge >= 0.3 is 0 Å². The molecule has 1 aromatic rings. The van der Waals surface area contributed by atoms with E-state index < -0.39 is 0 Å². The number of aryl methyl sites for hydroxylation is 1. The molecule has 1 heterocycles. The molecule has 1 aliphatic rings. The van der Waals surface area contributed by atoms with Crippen LogP contribution >= 0.6 is 0 Å². The zero-order valence-electron chi connectivity index (χ0n) is 10.4. The third-order valence-corrected chi connectivity index (χ3v) is 3.26. The second-order valence-corrected chi connectivity index (χ2v) is 4.86. The maximum Gasteiger partial charge on any atom is 0.0411 e. The van der Waals surface area contributed by atoms with Crippen LogP contribution in [0, 0.1) is 6.92 Å². The Balaban J connectivity index is 2.25. The zero-order chi connectivity index (χ0) is 11.7. The average molecular weight is 219 g/mol. The van der Waals surface area contributed by atoms with E-state index >= 15 is 0 Å². The molecule has 0 radical (unpaired) electrons. The van der Waals surface area contributed by atoms with Crippen molar-refractivity contribution in [2.45, 2.75) is 19.4 Å². The molecule has 1 saturated heterocycles. The van der Waals surface area contributed by atoms with Crippen LogP contribution in [0.25, 0.3) is 0 Å². The van der Waals surface area contributed by atoms with Gasteiger partial charge in [0.05, 0.1) is 0 Å². The summed E-state index contributed by atoms with van der Waals surface area (Å²) in [6.45, 7) is 4.21. The van der Waals surface area contributed by atoms with Crippen LogP contribution in [0.1, 0.15) is 12.0 Å². The lowest BCUT2D eigenvalue weighted by atomic mass is 10.1. The lowest BCUT2D eigenvalue weighted by Crippen LogP contribution is -2.26. The molecule has 3 nitrogen and oxygen atoms in total. The molecule has 1 atom stereocenters. The van der Waals surface area contributed by atoms with E-state index in [1.807, 2.05) is 0 Å². The summed E-state index contributed by atoms with van der Waals surface area (Å²) >= 11 is 0. The van der Waals surface area contributed by atoms with Crippen molar-refractivity contribution >= 4 is 11.4 Å². The molecule has 1 aliphatic heterocycles. The average Bonchev–Trinajstić information content (AvgIpc) is 2.65. The van der Waals surface area contributed by atoms with Crippen molar-refractivity contribution in [2.75, 3.05) is 37.0 Å². The first kappa shape index (κ1) is 11.3. The number of rotatable bonds is 2. The number of nitrogens with two attached hydrogens (primary N) is 1. The Hall–Kier alpha value is -1.22. The second-order valence-electron chi connectivity index (χ2n) is 4.86. The molecule has 0 saturated carbocycles. The van der Waals surface area contributed by atoms with Crippen molar-refractivity contribution in [1.29, 1.82) is 0 Å². The molecule has 1 unspecified atom stereocenters. The summed E-state index contributed by atoms with van der Waals surface area (Å²) in [4.78, 5) is 4.53. The van der Waals surface area contributed by atoms with Gasteiger partial charge in [-0.25, -0.2) is 0 Å². The van der Waals surface area contributed by atoms with E-state index in [9.17, 15) is 0 Å². The lowest BCUT2D eigenvalue weighted by molar-refractivity contribution is 0.752. The van der Waals surface area contributed by atoms with Gasteiger partial charge in [-0.2, -0.15) is 0 Å². The van der Waals surface area contributed by atoms with Crippen molar-refractivity contribution < 1.29 is 0 Å². The standard InChI is InChI=1S/C13H21N3/c1-10-4-5-12(8-13(10)15(2)3)16-7-6-11(14)9-16/h4-5,8,11H,6-7,9,14H2,1-3H3. The molecule has 1 aromatic carbocycles. The minimum atomic E-state index is 0.337. The van der Waals surface area contributed by atoms with E-state index in [-0.39, 0.29) is 0 Å². The highest BCUT2D eigenvalue weighted by Crippen LogP contribution is 2.27. The molecule has 2 N–H and O–H groups in total. The maximum atomic E-state index is 5.94. The first-order valence-corrected chi connectivity index (χ1v) is 5.86. The van der Waals surface area contributed by atoms with E-state index in [1.54, 1.807) is 0 Å². The van der Waals surface area contributed by atoms with Crippen LogP contribution < -0.4 is 15.5 Å². The first-order chi connectivity index (χ1) is 7.58.